The van der Waals surface area contributed by atoms with E-state index in [0.29, 0.717) is 31.3 Å². The van der Waals surface area contributed by atoms with Crippen LogP contribution in [0.4, 0.5) is 17.6 Å². The van der Waals surface area contributed by atoms with Crippen molar-refractivity contribution >= 4 is 10.9 Å². The van der Waals surface area contributed by atoms with E-state index in [2.05, 4.69) is 5.10 Å². The number of nitrogens with zero attached hydrogens (tertiary/aromatic N) is 3. The van der Waals surface area contributed by atoms with Crippen LogP contribution in [0.3, 0.4) is 0 Å². The first-order chi connectivity index (χ1) is 13.3. The van der Waals surface area contributed by atoms with Crippen molar-refractivity contribution in [1.82, 2.24) is 14.7 Å². The van der Waals surface area contributed by atoms with Crippen LogP contribution < -0.4 is 0 Å². The molecule has 1 fully saturated rings. The zero-order valence-electron chi connectivity index (χ0n) is 15.2. The molecule has 2 aromatic carbocycles. The highest BCUT2D eigenvalue weighted by atomic mass is 19.4. The van der Waals surface area contributed by atoms with E-state index >= 15 is 0 Å². The molecule has 4 rings (SSSR count). The zero-order chi connectivity index (χ0) is 19.9. The van der Waals surface area contributed by atoms with Crippen molar-refractivity contribution in [2.24, 2.45) is 7.05 Å². The summed E-state index contributed by atoms with van der Waals surface area (Å²) in [7, 11) is 1.86. The van der Waals surface area contributed by atoms with E-state index in [1.807, 2.05) is 30.1 Å². The first-order valence-corrected chi connectivity index (χ1v) is 8.92. The molecular weight excluding hydrogens is 374 g/mol. The molecule has 0 spiro atoms. The highest BCUT2D eigenvalue weighted by Gasteiger charge is 2.31. The fourth-order valence-electron chi connectivity index (χ4n) is 3.57. The molecule has 1 aliphatic rings. The Hall–Kier alpha value is -2.45. The fourth-order valence-corrected chi connectivity index (χ4v) is 3.57. The SMILES string of the molecule is Cn1ncc2ccc(C3CN(Cc4cc(F)cc(C(F)(F)F)c4)CCO3)cc21. The lowest BCUT2D eigenvalue weighted by Gasteiger charge is -2.33. The van der Waals surface area contributed by atoms with Crippen LogP contribution in [0.2, 0.25) is 0 Å². The molecule has 3 aromatic rings. The Balaban J connectivity index is 1.52. The number of hydrogen-bond donors (Lipinski definition) is 0. The highest BCUT2D eigenvalue weighted by molar-refractivity contribution is 5.79. The Labute approximate surface area is 159 Å². The van der Waals surface area contributed by atoms with E-state index in [-0.39, 0.29) is 12.6 Å². The first kappa shape index (κ1) is 18.9. The molecule has 148 valence electrons. The van der Waals surface area contributed by atoms with Gasteiger partial charge in [0.25, 0.3) is 0 Å². The van der Waals surface area contributed by atoms with Gasteiger partial charge in [-0.05, 0) is 35.4 Å². The Bertz CT molecular complexity index is 999. The quantitative estimate of drug-likeness (QED) is 0.622. The average Bonchev–Trinajstić information content (AvgIpc) is 3.01. The summed E-state index contributed by atoms with van der Waals surface area (Å²) >= 11 is 0. The van der Waals surface area contributed by atoms with Crippen LogP contribution in [-0.2, 0) is 24.5 Å². The number of rotatable bonds is 3. The van der Waals surface area contributed by atoms with Crippen LogP contribution in [0.15, 0.2) is 42.6 Å². The minimum absolute atomic E-state index is 0.205. The topological polar surface area (TPSA) is 30.3 Å². The summed E-state index contributed by atoms with van der Waals surface area (Å²) in [5, 5.41) is 5.25. The first-order valence-electron chi connectivity index (χ1n) is 8.92. The maximum absolute atomic E-state index is 13.7. The molecule has 0 radical (unpaired) electrons. The van der Waals surface area contributed by atoms with Crippen molar-refractivity contribution in [3.63, 3.8) is 0 Å². The largest absolute Gasteiger partial charge is 0.416 e. The van der Waals surface area contributed by atoms with Crippen molar-refractivity contribution in [3.8, 4) is 0 Å². The van der Waals surface area contributed by atoms with Gasteiger partial charge in [-0.15, -0.1) is 0 Å². The van der Waals surface area contributed by atoms with Crippen LogP contribution in [-0.4, -0.2) is 34.4 Å². The molecule has 0 bridgehead atoms. The molecule has 8 heteroatoms. The number of morpholine rings is 1. The van der Waals surface area contributed by atoms with E-state index in [0.717, 1.165) is 28.6 Å². The van der Waals surface area contributed by atoms with Crippen molar-refractivity contribution in [2.45, 2.75) is 18.8 Å². The predicted octanol–water partition coefficient (Wildman–Crippen LogP) is 4.30. The smallest absolute Gasteiger partial charge is 0.371 e. The van der Waals surface area contributed by atoms with Crippen LogP contribution in [0.25, 0.3) is 10.9 Å². The number of hydrogen-bond acceptors (Lipinski definition) is 3. The van der Waals surface area contributed by atoms with E-state index < -0.39 is 17.6 Å². The van der Waals surface area contributed by atoms with Gasteiger partial charge in [0, 0.05) is 32.1 Å². The predicted molar refractivity (Wildman–Crippen MR) is 96.1 cm³/mol. The number of alkyl halides is 3. The van der Waals surface area contributed by atoms with Gasteiger partial charge in [-0.25, -0.2) is 4.39 Å². The van der Waals surface area contributed by atoms with Gasteiger partial charge in [0.05, 0.1) is 30.0 Å². The molecule has 1 atom stereocenters. The van der Waals surface area contributed by atoms with Gasteiger partial charge in [-0.2, -0.15) is 18.3 Å². The van der Waals surface area contributed by atoms with Crippen LogP contribution in [0.1, 0.15) is 22.8 Å². The summed E-state index contributed by atoms with van der Waals surface area (Å²) in [5.41, 5.74) is 1.30. The summed E-state index contributed by atoms with van der Waals surface area (Å²) in [6.45, 7) is 1.77. The minimum Gasteiger partial charge on any atom is -0.371 e. The van der Waals surface area contributed by atoms with Crippen LogP contribution in [0.5, 0.6) is 0 Å². The van der Waals surface area contributed by atoms with Gasteiger partial charge in [0.2, 0.25) is 0 Å². The Morgan fingerprint density at radius 3 is 2.79 bits per heavy atom. The Morgan fingerprint density at radius 1 is 1.18 bits per heavy atom. The number of ether oxygens (including phenoxy) is 1. The van der Waals surface area contributed by atoms with Gasteiger partial charge in [-0.1, -0.05) is 12.1 Å². The molecule has 1 aliphatic heterocycles. The summed E-state index contributed by atoms with van der Waals surface area (Å²) in [6, 6.07) is 8.65. The van der Waals surface area contributed by atoms with E-state index in [1.165, 1.54) is 0 Å². The number of aromatic nitrogens is 2. The maximum atomic E-state index is 13.7. The lowest BCUT2D eigenvalue weighted by atomic mass is 10.0. The fraction of sp³-hybridized carbons (Fsp3) is 0.350. The number of halogens is 4. The van der Waals surface area contributed by atoms with Gasteiger partial charge < -0.3 is 4.74 Å². The molecule has 4 nitrogen and oxygen atoms in total. The standard InChI is InChI=1S/C20H19F4N3O/c1-26-18-8-14(2-3-15(18)10-25-26)19-12-27(4-5-28-19)11-13-6-16(20(22,23)24)9-17(21)7-13/h2-3,6-10,19H,4-5,11-12H2,1H3. The van der Waals surface area contributed by atoms with Crippen molar-refractivity contribution < 1.29 is 22.3 Å². The van der Waals surface area contributed by atoms with E-state index in [9.17, 15) is 17.6 Å². The van der Waals surface area contributed by atoms with Gasteiger partial charge in [0.15, 0.2) is 0 Å². The van der Waals surface area contributed by atoms with Gasteiger partial charge in [0.1, 0.15) is 5.82 Å². The molecule has 2 heterocycles. The lowest BCUT2D eigenvalue weighted by Crippen LogP contribution is -2.37. The summed E-state index contributed by atoms with van der Waals surface area (Å²) in [5.74, 6) is -0.878. The molecule has 1 unspecified atom stereocenters. The van der Waals surface area contributed by atoms with Crippen molar-refractivity contribution in [1.29, 1.82) is 0 Å². The molecule has 0 N–H and O–H groups in total. The van der Waals surface area contributed by atoms with Crippen molar-refractivity contribution in [3.05, 3.63) is 65.1 Å². The maximum Gasteiger partial charge on any atom is 0.416 e. The number of aryl methyl sites for hydroxylation is 1. The molecule has 0 saturated carbocycles. The average molecular weight is 393 g/mol. The monoisotopic (exact) mass is 393 g/mol. The summed E-state index contributed by atoms with van der Waals surface area (Å²) in [4.78, 5) is 1.98. The van der Waals surface area contributed by atoms with E-state index in [4.69, 9.17) is 4.74 Å². The molecule has 1 saturated heterocycles. The molecule has 0 aliphatic carbocycles. The highest BCUT2D eigenvalue weighted by Crippen LogP contribution is 2.31. The number of benzene rings is 2. The minimum atomic E-state index is -4.57. The molecule has 28 heavy (non-hydrogen) atoms. The van der Waals surface area contributed by atoms with Crippen molar-refractivity contribution in [2.75, 3.05) is 19.7 Å². The summed E-state index contributed by atoms with van der Waals surface area (Å²) in [6.07, 6.45) is -2.98. The van der Waals surface area contributed by atoms with Gasteiger partial charge >= 0.3 is 6.18 Å². The second-order valence-electron chi connectivity index (χ2n) is 7.03. The second-order valence-corrected chi connectivity index (χ2v) is 7.03. The van der Waals surface area contributed by atoms with Crippen LogP contribution >= 0.6 is 0 Å². The third-order valence-corrected chi connectivity index (χ3v) is 4.99. The number of fused-ring (bicyclic) bond motifs is 1. The summed E-state index contributed by atoms with van der Waals surface area (Å²) < 4.78 is 60.1. The molecule has 1 aromatic heterocycles. The molecular formula is C20H19F4N3O. The third kappa shape index (κ3) is 3.88. The van der Waals surface area contributed by atoms with Crippen LogP contribution in [0, 0.1) is 5.82 Å². The molecule has 0 amide bonds. The van der Waals surface area contributed by atoms with Gasteiger partial charge in [-0.3, -0.25) is 9.58 Å². The third-order valence-electron chi connectivity index (χ3n) is 4.99. The Morgan fingerprint density at radius 2 is 2.00 bits per heavy atom. The van der Waals surface area contributed by atoms with E-state index in [1.54, 1.807) is 10.9 Å². The zero-order valence-corrected chi connectivity index (χ0v) is 15.2. The lowest BCUT2D eigenvalue weighted by molar-refractivity contribution is -0.137. The normalized spacial score (nSPS) is 18.7. The second kappa shape index (κ2) is 7.18. The Kier molecular flexibility index (Phi) is 4.84.